The molecular formula is C16H15BrO3. The number of hydrogen-bond donors (Lipinski definition) is 0. The van der Waals surface area contributed by atoms with Gasteiger partial charge < -0.3 is 9.47 Å². The van der Waals surface area contributed by atoms with Gasteiger partial charge in [-0.1, -0.05) is 15.9 Å². The molecule has 0 bridgehead atoms. The number of rotatable bonds is 4. The van der Waals surface area contributed by atoms with Gasteiger partial charge in [0.25, 0.3) is 0 Å². The topological polar surface area (TPSA) is 35.5 Å². The lowest BCUT2D eigenvalue weighted by atomic mass is 10.2. The summed E-state index contributed by atoms with van der Waals surface area (Å²) in [4.78, 5) is 12.0. The summed E-state index contributed by atoms with van der Waals surface area (Å²) in [5, 5.41) is 0. The first-order valence-electron chi connectivity index (χ1n) is 6.31. The molecule has 20 heavy (non-hydrogen) atoms. The van der Waals surface area contributed by atoms with E-state index in [2.05, 4.69) is 15.9 Å². The van der Waals surface area contributed by atoms with Crippen molar-refractivity contribution < 1.29 is 14.3 Å². The Bertz CT molecular complexity index is 606. The Hall–Kier alpha value is -1.81. The third kappa shape index (κ3) is 3.61. The summed E-state index contributed by atoms with van der Waals surface area (Å²) >= 11 is 3.38. The number of esters is 1. The van der Waals surface area contributed by atoms with Crippen molar-refractivity contribution in [1.29, 1.82) is 0 Å². The molecule has 0 unspecified atom stereocenters. The fourth-order valence-corrected chi connectivity index (χ4v) is 2.22. The first-order chi connectivity index (χ1) is 9.60. The van der Waals surface area contributed by atoms with E-state index in [1.165, 1.54) is 0 Å². The zero-order chi connectivity index (χ0) is 14.5. The van der Waals surface area contributed by atoms with Gasteiger partial charge >= 0.3 is 5.97 Å². The van der Waals surface area contributed by atoms with Crippen LogP contribution in [0.3, 0.4) is 0 Å². The minimum Gasteiger partial charge on any atom is -0.494 e. The maximum atomic E-state index is 12.0. The molecule has 4 heteroatoms. The van der Waals surface area contributed by atoms with Gasteiger partial charge in [0, 0.05) is 4.47 Å². The Morgan fingerprint density at radius 2 is 1.85 bits per heavy atom. The molecule has 0 saturated carbocycles. The van der Waals surface area contributed by atoms with Crippen molar-refractivity contribution in [1.82, 2.24) is 0 Å². The molecule has 2 aromatic rings. The lowest BCUT2D eigenvalue weighted by molar-refractivity contribution is 0.0733. The fourth-order valence-electron chi connectivity index (χ4n) is 1.74. The van der Waals surface area contributed by atoms with E-state index in [1.807, 2.05) is 26.0 Å². The van der Waals surface area contributed by atoms with Gasteiger partial charge in [-0.2, -0.15) is 0 Å². The van der Waals surface area contributed by atoms with Gasteiger partial charge in [-0.25, -0.2) is 4.79 Å². The van der Waals surface area contributed by atoms with E-state index in [0.717, 1.165) is 15.8 Å². The third-order valence-electron chi connectivity index (χ3n) is 2.74. The molecule has 0 aliphatic carbocycles. The highest BCUT2D eigenvalue weighted by Gasteiger charge is 2.10. The standard InChI is InChI=1S/C16H15BrO3/c1-3-19-14-7-4-12(5-8-14)16(18)20-15-9-6-13(17)10-11(15)2/h4-10H,3H2,1-2H3. The smallest absolute Gasteiger partial charge is 0.343 e. The maximum Gasteiger partial charge on any atom is 0.343 e. The van der Waals surface area contributed by atoms with E-state index in [1.54, 1.807) is 30.3 Å². The van der Waals surface area contributed by atoms with Crippen LogP contribution < -0.4 is 9.47 Å². The molecule has 0 aromatic heterocycles. The average molecular weight is 335 g/mol. The summed E-state index contributed by atoms with van der Waals surface area (Å²) in [5.41, 5.74) is 1.40. The molecule has 0 N–H and O–H groups in total. The fraction of sp³-hybridized carbons (Fsp3) is 0.188. The van der Waals surface area contributed by atoms with E-state index >= 15 is 0 Å². The molecule has 0 aliphatic rings. The Balaban J connectivity index is 2.11. The van der Waals surface area contributed by atoms with Gasteiger partial charge in [-0.05, 0) is 61.9 Å². The van der Waals surface area contributed by atoms with Crippen molar-refractivity contribution in [3.05, 3.63) is 58.1 Å². The minimum atomic E-state index is -0.376. The van der Waals surface area contributed by atoms with Crippen LogP contribution in [0.15, 0.2) is 46.9 Å². The molecule has 2 rings (SSSR count). The van der Waals surface area contributed by atoms with Crippen LogP contribution in [0.1, 0.15) is 22.8 Å². The molecule has 0 fully saturated rings. The Morgan fingerprint density at radius 3 is 2.45 bits per heavy atom. The zero-order valence-electron chi connectivity index (χ0n) is 11.4. The van der Waals surface area contributed by atoms with Crippen molar-refractivity contribution in [3.8, 4) is 11.5 Å². The highest BCUT2D eigenvalue weighted by Crippen LogP contribution is 2.23. The largest absolute Gasteiger partial charge is 0.494 e. The monoisotopic (exact) mass is 334 g/mol. The van der Waals surface area contributed by atoms with Crippen molar-refractivity contribution in [2.45, 2.75) is 13.8 Å². The second-order valence-corrected chi connectivity index (χ2v) is 5.17. The second-order valence-electron chi connectivity index (χ2n) is 4.26. The van der Waals surface area contributed by atoms with Gasteiger partial charge in [0.1, 0.15) is 11.5 Å². The highest BCUT2D eigenvalue weighted by molar-refractivity contribution is 9.10. The van der Waals surface area contributed by atoms with E-state index in [4.69, 9.17) is 9.47 Å². The number of ether oxygens (including phenoxy) is 2. The number of aryl methyl sites for hydroxylation is 1. The molecule has 0 spiro atoms. The number of halogens is 1. The molecule has 0 aliphatic heterocycles. The van der Waals surface area contributed by atoms with E-state index in [0.29, 0.717) is 17.9 Å². The Labute approximate surface area is 126 Å². The second kappa shape index (κ2) is 6.57. The van der Waals surface area contributed by atoms with Crippen LogP contribution in [-0.2, 0) is 0 Å². The van der Waals surface area contributed by atoms with Gasteiger partial charge in [0.2, 0.25) is 0 Å². The van der Waals surface area contributed by atoms with Gasteiger partial charge in [0.05, 0.1) is 12.2 Å². The molecule has 0 saturated heterocycles. The Morgan fingerprint density at radius 1 is 1.15 bits per heavy atom. The number of hydrogen-bond acceptors (Lipinski definition) is 3. The van der Waals surface area contributed by atoms with Gasteiger partial charge in [-0.3, -0.25) is 0 Å². The summed E-state index contributed by atoms with van der Waals surface area (Å²) in [6.45, 7) is 4.41. The van der Waals surface area contributed by atoms with Crippen molar-refractivity contribution in [2.75, 3.05) is 6.61 Å². The zero-order valence-corrected chi connectivity index (χ0v) is 12.9. The molecular weight excluding hydrogens is 320 g/mol. The average Bonchev–Trinajstić information content (AvgIpc) is 2.43. The number of carbonyl (C=O) groups is 1. The van der Waals surface area contributed by atoms with E-state index in [-0.39, 0.29) is 5.97 Å². The number of benzene rings is 2. The van der Waals surface area contributed by atoms with E-state index < -0.39 is 0 Å². The molecule has 2 aromatic carbocycles. The molecule has 0 radical (unpaired) electrons. The molecule has 0 amide bonds. The van der Waals surface area contributed by atoms with Crippen molar-refractivity contribution in [3.63, 3.8) is 0 Å². The highest BCUT2D eigenvalue weighted by atomic mass is 79.9. The molecule has 104 valence electrons. The molecule has 0 atom stereocenters. The number of carbonyl (C=O) groups excluding carboxylic acids is 1. The van der Waals surface area contributed by atoms with Gasteiger partial charge in [0.15, 0.2) is 0 Å². The van der Waals surface area contributed by atoms with Crippen LogP contribution in [0.4, 0.5) is 0 Å². The minimum absolute atomic E-state index is 0.376. The summed E-state index contributed by atoms with van der Waals surface area (Å²) in [7, 11) is 0. The van der Waals surface area contributed by atoms with Crippen LogP contribution in [0.25, 0.3) is 0 Å². The summed E-state index contributed by atoms with van der Waals surface area (Å²) < 4.78 is 11.7. The normalized spacial score (nSPS) is 10.2. The maximum absolute atomic E-state index is 12.0. The summed E-state index contributed by atoms with van der Waals surface area (Å²) in [5.74, 6) is 0.925. The van der Waals surface area contributed by atoms with Crippen LogP contribution in [0.2, 0.25) is 0 Å². The first-order valence-corrected chi connectivity index (χ1v) is 7.10. The molecule has 3 nitrogen and oxygen atoms in total. The summed E-state index contributed by atoms with van der Waals surface area (Å²) in [6, 6.07) is 12.4. The van der Waals surface area contributed by atoms with Crippen LogP contribution in [0, 0.1) is 6.92 Å². The lowest BCUT2D eigenvalue weighted by Gasteiger charge is -2.08. The molecule has 0 heterocycles. The SMILES string of the molecule is CCOc1ccc(C(=O)Oc2ccc(Br)cc2C)cc1. The van der Waals surface area contributed by atoms with Crippen LogP contribution in [0.5, 0.6) is 11.5 Å². The predicted octanol–water partition coefficient (Wildman–Crippen LogP) is 4.38. The third-order valence-corrected chi connectivity index (χ3v) is 3.23. The van der Waals surface area contributed by atoms with Crippen LogP contribution >= 0.6 is 15.9 Å². The predicted molar refractivity (Wildman–Crippen MR) is 81.4 cm³/mol. The van der Waals surface area contributed by atoms with Crippen molar-refractivity contribution >= 4 is 21.9 Å². The van der Waals surface area contributed by atoms with Gasteiger partial charge in [-0.15, -0.1) is 0 Å². The lowest BCUT2D eigenvalue weighted by Crippen LogP contribution is -2.09. The Kier molecular flexibility index (Phi) is 4.79. The quantitative estimate of drug-likeness (QED) is 0.615. The van der Waals surface area contributed by atoms with E-state index in [9.17, 15) is 4.79 Å². The van der Waals surface area contributed by atoms with Crippen molar-refractivity contribution in [2.24, 2.45) is 0 Å². The summed E-state index contributed by atoms with van der Waals surface area (Å²) in [6.07, 6.45) is 0. The van der Waals surface area contributed by atoms with Crippen LogP contribution in [-0.4, -0.2) is 12.6 Å². The first kappa shape index (κ1) is 14.6.